The van der Waals surface area contributed by atoms with Gasteiger partial charge in [0.2, 0.25) is 0 Å². The van der Waals surface area contributed by atoms with Crippen molar-refractivity contribution in [3.05, 3.63) is 29.3 Å². The van der Waals surface area contributed by atoms with Gasteiger partial charge in [-0.2, -0.15) is 0 Å². The molecular weight excluding hydrogens is 173 g/mol. The van der Waals surface area contributed by atoms with Crippen molar-refractivity contribution in [2.75, 3.05) is 6.54 Å². The number of rotatable bonds is 4. The Balaban J connectivity index is 3.04. The van der Waals surface area contributed by atoms with Crippen molar-refractivity contribution in [2.24, 2.45) is 5.73 Å². The third-order valence-corrected chi connectivity index (χ3v) is 2.56. The van der Waals surface area contributed by atoms with Gasteiger partial charge in [-0.3, -0.25) is 0 Å². The van der Waals surface area contributed by atoms with Gasteiger partial charge in [-0.15, -0.1) is 0 Å². The molecule has 0 fully saturated rings. The van der Waals surface area contributed by atoms with Gasteiger partial charge in [-0.25, -0.2) is 0 Å². The summed E-state index contributed by atoms with van der Waals surface area (Å²) in [6.07, 6.45) is 1.03. The Bertz CT molecular complexity index is 279. The summed E-state index contributed by atoms with van der Waals surface area (Å²) in [7, 11) is 1.70. The first-order valence-corrected chi connectivity index (χ1v) is 5.09. The molecule has 0 aliphatic carbocycles. The van der Waals surface area contributed by atoms with Crippen molar-refractivity contribution in [3.63, 3.8) is 0 Å². The lowest BCUT2D eigenvalue weighted by molar-refractivity contribution is 0.611. The van der Waals surface area contributed by atoms with Crippen LogP contribution in [0.1, 0.15) is 30.9 Å². The molecule has 0 aromatic heterocycles. The van der Waals surface area contributed by atoms with Crippen LogP contribution >= 0.6 is 0 Å². The number of hydrogen-bond donors (Lipinski definition) is 1. The number of aryl methyl sites for hydroxylation is 1. The zero-order valence-corrected chi connectivity index (χ0v) is 9.21. The van der Waals surface area contributed by atoms with Crippen LogP contribution in [0.3, 0.4) is 0 Å². The van der Waals surface area contributed by atoms with E-state index in [1.54, 1.807) is 8.05 Å². The van der Waals surface area contributed by atoms with Gasteiger partial charge in [-0.1, -0.05) is 19.9 Å². The van der Waals surface area contributed by atoms with E-state index < -0.39 is 0 Å². The van der Waals surface area contributed by atoms with Gasteiger partial charge in [0, 0.05) is 0 Å². The van der Waals surface area contributed by atoms with Crippen LogP contribution in [-0.2, 0) is 6.42 Å². The summed E-state index contributed by atoms with van der Waals surface area (Å²) in [6.45, 7) is 4.95. The molecule has 3 heteroatoms. The second kappa shape index (κ2) is 5.06. The third-order valence-electron chi connectivity index (χ3n) is 2.56. The average molecular weight is 191 g/mol. The van der Waals surface area contributed by atoms with Crippen molar-refractivity contribution in [1.82, 2.24) is 0 Å². The second-order valence-electron chi connectivity index (χ2n) is 3.60. The van der Waals surface area contributed by atoms with Crippen molar-refractivity contribution >= 4 is 8.05 Å². The van der Waals surface area contributed by atoms with Crippen molar-refractivity contribution in [2.45, 2.75) is 26.2 Å². The number of hydrogen-bond acceptors (Lipinski definition) is 2. The predicted octanol–water partition coefficient (Wildman–Crippen LogP) is 1.24. The number of benzene rings is 1. The number of nitrogens with two attached hydrogens (primary N) is 1. The fourth-order valence-corrected chi connectivity index (χ4v) is 1.43. The molecule has 1 aromatic rings. The maximum atomic E-state index is 5.65. The molecule has 0 bridgehead atoms. The van der Waals surface area contributed by atoms with Crippen LogP contribution in [0.15, 0.2) is 18.2 Å². The summed E-state index contributed by atoms with van der Waals surface area (Å²) in [6, 6.07) is 6.35. The Hall–Kier alpha value is -0.955. The Morgan fingerprint density at radius 2 is 2.14 bits per heavy atom. The molecule has 0 aliphatic heterocycles. The maximum Gasteiger partial charge on any atom is 0.322 e. The lowest BCUT2D eigenvalue weighted by Crippen LogP contribution is -2.09. The minimum Gasteiger partial charge on any atom is -0.568 e. The highest BCUT2D eigenvalue weighted by Crippen LogP contribution is 2.22. The van der Waals surface area contributed by atoms with Crippen LogP contribution in [0.2, 0.25) is 0 Å². The fourth-order valence-electron chi connectivity index (χ4n) is 1.43. The minimum atomic E-state index is 0.399. The molecule has 0 saturated carbocycles. The van der Waals surface area contributed by atoms with Crippen LogP contribution in [0.5, 0.6) is 5.75 Å². The molecular formula is C11H18BNO. The highest BCUT2D eigenvalue weighted by Gasteiger charge is 2.06. The van der Waals surface area contributed by atoms with Crippen molar-refractivity contribution in [1.29, 1.82) is 0 Å². The highest BCUT2D eigenvalue weighted by atomic mass is 16.4. The minimum absolute atomic E-state index is 0.399. The first kappa shape index (κ1) is 11.1. The van der Waals surface area contributed by atoms with Crippen LogP contribution in [-0.4, -0.2) is 14.6 Å². The molecule has 0 amide bonds. The smallest absolute Gasteiger partial charge is 0.322 e. The molecule has 0 heterocycles. The summed E-state index contributed by atoms with van der Waals surface area (Å²) in [5, 5.41) is 0. The summed E-state index contributed by atoms with van der Waals surface area (Å²) in [5.41, 5.74) is 8.22. The third kappa shape index (κ3) is 2.52. The Morgan fingerprint density at radius 3 is 2.64 bits per heavy atom. The molecule has 0 aliphatic rings. The topological polar surface area (TPSA) is 35.2 Å². The average Bonchev–Trinajstić information content (AvgIpc) is 2.27. The predicted molar refractivity (Wildman–Crippen MR) is 62.5 cm³/mol. The molecule has 1 rings (SSSR count). The summed E-state index contributed by atoms with van der Waals surface area (Å²) in [4.78, 5) is 0. The van der Waals surface area contributed by atoms with E-state index in [4.69, 9.17) is 10.4 Å². The normalized spacial score (nSPS) is 12.5. The van der Waals surface area contributed by atoms with Crippen molar-refractivity contribution in [3.8, 4) is 5.75 Å². The fraction of sp³-hybridized carbons (Fsp3) is 0.455. The van der Waals surface area contributed by atoms with E-state index >= 15 is 0 Å². The molecule has 0 spiro atoms. The van der Waals surface area contributed by atoms with Gasteiger partial charge in [-0.05, 0) is 42.1 Å². The van der Waals surface area contributed by atoms with Crippen LogP contribution in [0, 0.1) is 0 Å². The van der Waals surface area contributed by atoms with Gasteiger partial charge in [0.15, 0.2) is 0 Å². The SMILES string of the molecule is BOc1cc(CC)cc(C(C)CN)c1. The first-order valence-electron chi connectivity index (χ1n) is 5.09. The molecule has 1 unspecified atom stereocenters. The largest absolute Gasteiger partial charge is 0.568 e. The summed E-state index contributed by atoms with van der Waals surface area (Å²) in [5.74, 6) is 1.33. The van der Waals surface area contributed by atoms with E-state index in [0.717, 1.165) is 12.2 Å². The van der Waals surface area contributed by atoms with Crippen molar-refractivity contribution < 1.29 is 4.65 Å². The van der Waals surface area contributed by atoms with Gasteiger partial charge in [0.05, 0.1) is 5.75 Å². The molecule has 1 aromatic carbocycles. The molecule has 1 atom stereocenters. The molecule has 0 saturated heterocycles. The van der Waals surface area contributed by atoms with Crippen LogP contribution in [0.25, 0.3) is 0 Å². The van der Waals surface area contributed by atoms with Crippen LogP contribution < -0.4 is 10.4 Å². The van der Waals surface area contributed by atoms with E-state index in [2.05, 4.69) is 32.0 Å². The van der Waals surface area contributed by atoms with E-state index in [-0.39, 0.29) is 0 Å². The standard InChI is InChI=1S/C11H18BNO/c1-3-9-4-10(8(2)7-13)6-11(5-9)14-12/h4-6,8H,3,7,12-13H2,1-2H3. The van der Waals surface area contributed by atoms with Crippen LogP contribution in [0.4, 0.5) is 0 Å². The molecule has 2 nitrogen and oxygen atoms in total. The lowest BCUT2D eigenvalue weighted by atomic mass is 9.98. The van der Waals surface area contributed by atoms with E-state index in [0.29, 0.717) is 12.5 Å². The molecule has 0 radical (unpaired) electrons. The monoisotopic (exact) mass is 191 g/mol. The van der Waals surface area contributed by atoms with E-state index in [1.165, 1.54) is 11.1 Å². The zero-order valence-electron chi connectivity index (χ0n) is 9.21. The zero-order chi connectivity index (χ0) is 10.6. The first-order chi connectivity index (χ1) is 6.71. The second-order valence-corrected chi connectivity index (χ2v) is 3.60. The summed E-state index contributed by atoms with van der Waals surface area (Å²) >= 11 is 0. The quantitative estimate of drug-likeness (QED) is 0.726. The highest BCUT2D eigenvalue weighted by molar-refractivity contribution is 5.99. The maximum absolute atomic E-state index is 5.65. The Labute approximate surface area is 86.9 Å². The van der Waals surface area contributed by atoms with Gasteiger partial charge < -0.3 is 10.4 Å². The molecule has 14 heavy (non-hydrogen) atoms. The molecule has 76 valence electrons. The molecule has 2 N–H and O–H groups in total. The van der Waals surface area contributed by atoms with Gasteiger partial charge in [0.25, 0.3) is 0 Å². The van der Waals surface area contributed by atoms with E-state index in [1.807, 2.05) is 0 Å². The lowest BCUT2D eigenvalue weighted by Gasteiger charge is -2.13. The Kier molecular flexibility index (Phi) is 4.02. The Morgan fingerprint density at radius 1 is 1.43 bits per heavy atom. The van der Waals surface area contributed by atoms with Gasteiger partial charge in [0.1, 0.15) is 0 Å². The van der Waals surface area contributed by atoms with Gasteiger partial charge >= 0.3 is 8.05 Å². The van der Waals surface area contributed by atoms with E-state index in [9.17, 15) is 0 Å². The summed E-state index contributed by atoms with van der Waals surface area (Å²) < 4.78 is 5.25.